The van der Waals surface area contributed by atoms with E-state index in [1.165, 1.54) is 28.2 Å². The lowest BCUT2D eigenvalue weighted by atomic mass is 9.57. The molecule has 3 nitrogen and oxygen atoms in total. The molecule has 1 saturated carbocycles. The molecule has 0 bridgehead atoms. The molecule has 228 valence electrons. The van der Waals surface area contributed by atoms with Crippen LogP contribution in [0.25, 0.3) is 17.0 Å². The first-order chi connectivity index (χ1) is 20.8. The van der Waals surface area contributed by atoms with Crippen molar-refractivity contribution >= 4 is 22.9 Å². The Hall–Kier alpha value is -3.66. The van der Waals surface area contributed by atoms with Gasteiger partial charge in [-0.3, -0.25) is 4.79 Å². The Bertz CT molecular complexity index is 1570. The molecule has 0 aliphatic heterocycles. The molecule has 1 aromatic heterocycles. The van der Waals surface area contributed by atoms with E-state index in [1.54, 1.807) is 6.07 Å². The lowest BCUT2D eigenvalue weighted by Crippen LogP contribution is -2.49. The van der Waals surface area contributed by atoms with E-state index < -0.39 is 0 Å². The van der Waals surface area contributed by atoms with Gasteiger partial charge in [-0.05, 0) is 104 Å². The summed E-state index contributed by atoms with van der Waals surface area (Å²) in [6, 6.07) is 23.9. The smallest absolute Gasteiger partial charge is 0.247 e. The summed E-state index contributed by atoms with van der Waals surface area (Å²) in [5.74, 6) is -0.163. The minimum absolute atomic E-state index is 0.00195. The number of amides is 1. The second kappa shape index (κ2) is 13.8. The molecule has 2 aliphatic rings. The third-order valence-corrected chi connectivity index (χ3v) is 9.52. The normalized spacial score (nSPS) is 23.0. The summed E-state index contributed by atoms with van der Waals surface area (Å²) in [7, 11) is 0. The van der Waals surface area contributed by atoms with Crippen molar-refractivity contribution in [2.24, 2.45) is 0 Å². The summed E-state index contributed by atoms with van der Waals surface area (Å²) in [5.41, 5.74) is 7.83. The van der Waals surface area contributed by atoms with Gasteiger partial charge in [0.1, 0.15) is 5.82 Å². The zero-order chi connectivity index (χ0) is 31.2. The Balaban J connectivity index is 0.00000102. The van der Waals surface area contributed by atoms with Crippen molar-refractivity contribution < 1.29 is 9.18 Å². The fourth-order valence-electron chi connectivity index (χ4n) is 7.09. The number of benzene rings is 3. The number of para-hydroxylation sites is 1. The average molecular weight is 581 g/mol. The molecule has 2 aliphatic carbocycles. The van der Waals surface area contributed by atoms with Crippen LogP contribution in [0.3, 0.4) is 0 Å². The van der Waals surface area contributed by atoms with Gasteiger partial charge < -0.3 is 10.3 Å². The fraction of sp³-hybridized carbons (Fsp3) is 0.410. The number of aromatic nitrogens is 1. The molecule has 6 rings (SSSR count). The van der Waals surface area contributed by atoms with Gasteiger partial charge in [-0.25, -0.2) is 4.39 Å². The summed E-state index contributed by atoms with van der Waals surface area (Å²) >= 11 is 0. The van der Waals surface area contributed by atoms with E-state index in [4.69, 9.17) is 0 Å². The van der Waals surface area contributed by atoms with E-state index in [9.17, 15) is 9.18 Å². The van der Waals surface area contributed by atoms with E-state index in [2.05, 4.69) is 66.6 Å². The molecule has 1 amide bonds. The SMILES string of the molecule is C/C(=C\c1ccccc1C)C(=O)NC1Cc2c([nH]c3ccccc23)C2(CCC(C)(c3cccc(F)c3)CC2)C1.CC.CC. The van der Waals surface area contributed by atoms with Gasteiger partial charge >= 0.3 is 0 Å². The third kappa shape index (κ3) is 6.64. The second-order valence-corrected chi connectivity index (χ2v) is 12.1. The Morgan fingerprint density at radius 2 is 1.60 bits per heavy atom. The molecule has 1 heterocycles. The van der Waals surface area contributed by atoms with Crippen LogP contribution in [0, 0.1) is 12.7 Å². The van der Waals surface area contributed by atoms with Crippen LogP contribution in [0.5, 0.6) is 0 Å². The number of halogens is 1. The molecule has 4 aromatic rings. The number of carbonyl (C=O) groups excluding carboxylic acids is 1. The Morgan fingerprint density at radius 1 is 0.930 bits per heavy atom. The highest BCUT2D eigenvalue weighted by Crippen LogP contribution is 2.53. The van der Waals surface area contributed by atoms with Gasteiger partial charge in [-0.1, -0.05) is 89.2 Å². The van der Waals surface area contributed by atoms with Crippen molar-refractivity contribution in [3.8, 4) is 0 Å². The number of nitrogens with one attached hydrogen (secondary N) is 2. The van der Waals surface area contributed by atoms with Gasteiger partial charge in [0.15, 0.2) is 0 Å². The molecule has 1 unspecified atom stereocenters. The molecule has 0 saturated heterocycles. The number of hydrogen-bond acceptors (Lipinski definition) is 1. The average Bonchev–Trinajstić information content (AvgIpc) is 3.41. The van der Waals surface area contributed by atoms with Crippen molar-refractivity contribution in [3.63, 3.8) is 0 Å². The zero-order valence-electron chi connectivity index (χ0n) is 27.1. The van der Waals surface area contributed by atoms with Crippen LogP contribution in [0.15, 0.2) is 78.4 Å². The fourth-order valence-corrected chi connectivity index (χ4v) is 7.09. The summed E-state index contributed by atoms with van der Waals surface area (Å²) in [5, 5.41) is 4.68. The van der Waals surface area contributed by atoms with Crippen molar-refractivity contribution in [1.29, 1.82) is 0 Å². The van der Waals surface area contributed by atoms with Gasteiger partial charge in [0, 0.05) is 33.6 Å². The first kappa shape index (κ1) is 32.3. The summed E-state index contributed by atoms with van der Waals surface area (Å²) in [4.78, 5) is 17.2. The highest BCUT2D eigenvalue weighted by atomic mass is 19.1. The molecule has 1 spiro atoms. The number of rotatable bonds is 4. The van der Waals surface area contributed by atoms with Crippen LogP contribution in [-0.2, 0) is 22.0 Å². The summed E-state index contributed by atoms with van der Waals surface area (Å²) in [6.45, 7) is 14.3. The maximum atomic E-state index is 14.1. The minimum atomic E-state index is -0.165. The maximum absolute atomic E-state index is 14.1. The van der Waals surface area contributed by atoms with E-state index in [0.717, 1.165) is 60.8 Å². The molecule has 3 aromatic carbocycles. The van der Waals surface area contributed by atoms with Gasteiger partial charge in [0.05, 0.1) is 0 Å². The third-order valence-electron chi connectivity index (χ3n) is 9.52. The predicted molar refractivity (Wildman–Crippen MR) is 180 cm³/mol. The lowest BCUT2D eigenvalue weighted by molar-refractivity contribution is -0.118. The molecule has 1 atom stereocenters. The van der Waals surface area contributed by atoms with Crippen LogP contribution in [0.2, 0.25) is 0 Å². The number of hydrogen-bond donors (Lipinski definition) is 2. The number of aryl methyl sites for hydroxylation is 1. The molecule has 0 radical (unpaired) electrons. The Kier molecular flexibility index (Phi) is 10.3. The topological polar surface area (TPSA) is 44.9 Å². The van der Waals surface area contributed by atoms with Crippen LogP contribution >= 0.6 is 0 Å². The van der Waals surface area contributed by atoms with Gasteiger partial charge in [0.2, 0.25) is 5.91 Å². The van der Waals surface area contributed by atoms with Gasteiger partial charge in [-0.2, -0.15) is 0 Å². The molecule has 4 heteroatoms. The van der Waals surface area contributed by atoms with Crippen LogP contribution < -0.4 is 5.32 Å². The summed E-state index contributed by atoms with van der Waals surface area (Å²) < 4.78 is 14.1. The minimum Gasteiger partial charge on any atom is -0.358 e. The van der Waals surface area contributed by atoms with Crippen molar-refractivity contribution in [2.75, 3.05) is 0 Å². The maximum Gasteiger partial charge on any atom is 0.247 e. The second-order valence-electron chi connectivity index (χ2n) is 12.1. The van der Waals surface area contributed by atoms with E-state index >= 15 is 0 Å². The van der Waals surface area contributed by atoms with Gasteiger partial charge in [-0.15, -0.1) is 0 Å². The quantitative estimate of drug-likeness (QED) is 0.232. The van der Waals surface area contributed by atoms with Crippen molar-refractivity contribution in [2.45, 2.75) is 104 Å². The van der Waals surface area contributed by atoms with Crippen LogP contribution in [0.4, 0.5) is 4.39 Å². The lowest BCUT2D eigenvalue weighted by Gasteiger charge is -2.49. The molecular weight excluding hydrogens is 531 g/mol. The highest BCUT2D eigenvalue weighted by Gasteiger charge is 2.48. The van der Waals surface area contributed by atoms with Crippen molar-refractivity contribution in [1.82, 2.24) is 10.3 Å². The first-order valence-electron chi connectivity index (χ1n) is 16.2. The predicted octanol–water partition coefficient (Wildman–Crippen LogP) is 9.97. The Morgan fingerprint density at radius 3 is 2.30 bits per heavy atom. The van der Waals surface area contributed by atoms with Crippen LogP contribution in [0.1, 0.15) is 102 Å². The van der Waals surface area contributed by atoms with E-state index in [0.29, 0.717) is 0 Å². The monoisotopic (exact) mass is 580 g/mol. The molecule has 43 heavy (non-hydrogen) atoms. The first-order valence-corrected chi connectivity index (χ1v) is 16.2. The number of H-pyrrole nitrogens is 1. The standard InChI is InChI=1S/C35H37FN2O.2C2H6/c1-23-9-4-5-10-25(23)19-24(2)33(39)37-28-21-30-29-13-6-7-14-31(29)38-32(30)35(22-28)17-15-34(3,16-18-35)26-11-8-12-27(36)20-26;2*1-2/h4-14,19-20,28,38H,15-18,21-22H2,1-3H3,(H,37,39);2*1-2H3/b24-19+;;. The number of fused-ring (bicyclic) bond motifs is 4. The van der Waals surface area contributed by atoms with E-state index in [-0.39, 0.29) is 28.6 Å². The largest absolute Gasteiger partial charge is 0.358 e. The molecule has 1 fully saturated rings. The zero-order valence-corrected chi connectivity index (χ0v) is 27.1. The molecule has 2 N–H and O–H groups in total. The Labute approximate surface area is 258 Å². The van der Waals surface area contributed by atoms with Crippen LogP contribution in [-0.4, -0.2) is 16.9 Å². The van der Waals surface area contributed by atoms with E-state index in [1.807, 2.05) is 58.9 Å². The summed E-state index contributed by atoms with van der Waals surface area (Å²) in [6.07, 6.45) is 7.71. The number of carbonyl (C=O) groups is 1. The van der Waals surface area contributed by atoms with Crippen molar-refractivity contribution in [3.05, 3.63) is 112 Å². The van der Waals surface area contributed by atoms with Gasteiger partial charge in [0.25, 0.3) is 0 Å². The molecular formula is C39H49FN2O. The highest BCUT2D eigenvalue weighted by molar-refractivity contribution is 5.97. The number of aromatic amines is 1.